The fourth-order valence-electron chi connectivity index (χ4n) is 2.67. The molecule has 1 aromatic heterocycles. The lowest BCUT2D eigenvalue weighted by atomic mass is 9.98. The fraction of sp³-hybridized carbons (Fsp3) is 0.238. The van der Waals surface area contributed by atoms with Crippen LogP contribution in [0.1, 0.15) is 36.2 Å². The van der Waals surface area contributed by atoms with Crippen molar-refractivity contribution in [1.29, 1.82) is 0 Å². The second kappa shape index (κ2) is 7.79. The molecule has 0 radical (unpaired) electrons. The Morgan fingerprint density at radius 2 is 2.00 bits per heavy atom. The molecule has 3 rings (SSSR count). The predicted molar refractivity (Wildman–Crippen MR) is 105 cm³/mol. The lowest BCUT2D eigenvalue weighted by Crippen LogP contribution is -2.31. The Morgan fingerprint density at radius 3 is 2.65 bits per heavy atom. The maximum atomic E-state index is 14.5. The number of nitrogens with one attached hydrogen (secondary N) is 1. The van der Waals surface area contributed by atoms with Crippen LogP contribution in [0.15, 0.2) is 48.0 Å². The van der Waals surface area contributed by atoms with E-state index in [1.807, 2.05) is 44.4 Å². The highest BCUT2D eigenvalue weighted by molar-refractivity contribution is 7.13. The van der Waals surface area contributed by atoms with Gasteiger partial charge in [0.2, 0.25) is 0 Å². The van der Waals surface area contributed by atoms with Gasteiger partial charge in [0.05, 0.1) is 0 Å². The van der Waals surface area contributed by atoms with E-state index >= 15 is 0 Å². The number of amides is 1. The molecule has 0 fully saturated rings. The maximum Gasteiger partial charge on any atom is 0.251 e. The Morgan fingerprint density at radius 1 is 1.23 bits per heavy atom. The lowest BCUT2D eigenvalue weighted by Gasteiger charge is -2.14. The summed E-state index contributed by atoms with van der Waals surface area (Å²) >= 11 is 1.49. The molecule has 3 aromatic rings. The molecular formula is C21H21FN2OS. The average molecular weight is 368 g/mol. The number of rotatable bonds is 5. The molecule has 0 bridgehead atoms. The van der Waals surface area contributed by atoms with Gasteiger partial charge in [0.15, 0.2) is 0 Å². The summed E-state index contributed by atoms with van der Waals surface area (Å²) in [7, 11) is 0. The zero-order chi connectivity index (χ0) is 18.7. The van der Waals surface area contributed by atoms with Crippen LogP contribution in [0.2, 0.25) is 0 Å². The van der Waals surface area contributed by atoms with Gasteiger partial charge < -0.3 is 5.32 Å². The third-order valence-corrected chi connectivity index (χ3v) is 5.12. The molecule has 1 heterocycles. The number of aryl methyl sites for hydroxylation is 1. The van der Waals surface area contributed by atoms with E-state index in [9.17, 15) is 9.18 Å². The number of carbonyl (C=O) groups is 1. The second-order valence-corrected chi connectivity index (χ2v) is 7.30. The number of thiazole rings is 1. The zero-order valence-corrected chi connectivity index (χ0v) is 15.9. The van der Waals surface area contributed by atoms with Crippen molar-refractivity contribution in [1.82, 2.24) is 10.3 Å². The standard InChI is InChI=1S/C21H21FN2OS/c1-4-14(3)24-20(25)16-10-15(18-6-5-13(2)9-19(18)22)11-17(12-16)21-23-7-8-26-21/h5-12,14H,4H2,1-3H3,(H,24,25)/t14-/m1/s1. The van der Waals surface area contributed by atoms with E-state index in [1.165, 1.54) is 17.4 Å². The molecule has 134 valence electrons. The molecular weight excluding hydrogens is 347 g/mol. The van der Waals surface area contributed by atoms with Crippen LogP contribution in [0.25, 0.3) is 21.7 Å². The number of hydrogen-bond donors (Lipinski definition) is 1. The van der Waals surface area contributed by atoms with E-state index < -0.39 is 0 Å². The topological polar surface area (TPSA) is 42.0 Å². The van der Waals surface area contributed by atoms with Crippen LogP contribution in [0.3, 0.4) is 0 Å². The van der Waals surface area contributed by atoms with Gasteiger partial charge in [0.1, 0.15) is 10.8 Å². The minimum Gasteiger partial charge on any atom is -0.350 e. The first-order chi connectivity index (χ1) is 12.5. The Hall–Kier alpha value is -2.53. The third kappa shape index (κ3) is 3.99. The van der Waals surface area contributed by atoms with Gasteiger partial charge in [-0.2, -0.15) is 0 Å². The summed E-state index contributed by atoms with van der Waals surface area (Å²) in [5.41, 5.74) is 3.33. The summed E-state index contributed by atoms with van der Waals surface area (Å²) in [6, 6.07) is 10.6. The molecule has 0 spiro atoms. The molecule has 0 aliphatic carbocycles. The van der Waals surface area contributed by atoms with Crippen molar-refractivity contribution in [2.75, 3.05) is 0 Å². The van der Waals surface area contributed by atoms with Crippen molar-refractivity contribution in [2.24, 2.45) is 0 Å². The van der Waals surface area contributed by atoms with E-state index in [2.05, 4.69) is 10.3 Å². The summed E-state index contributed by atoms with van der Waals surface area (Å²) in [6.45, 7) is 5.83. The van der Waals surface area contributed by atoms with Gasteiger partial charge in [-0.1, -0.05) is 19.1 Å². The molecule has 0 saturated heterocycles. The van der Waals surface area contributed by atoms with E-state index in [0.717, 1.165) is 22.6 Å². The van der Waals surface area contributed by atoms with Crippen molar-refractivity contribution in [3.8, 4) is 21.7 Å². The summed E-state index contributed by atoms with van der Waals surface area (Å²) in [6.07, 6.45) is 2.56. The van der Waals surface area contributed by atoms with Crippen LogP contribution < -0.4 is 5.32 Å². The van der Waals surface area contributed by atoms with Gasteiger partial charge in [0.25, 0.3) is 5.91 Å². The molecule has 2 aromatic carbocycles. The summed E-state index contributed by atoms with van der Waals surface area (Å²) in [4.78, 5) is 17.0. The maximum absolute atomic E-state index is 14.5. The summed E-state index contributed by atoms with van der Waals surface area (Å²) < 4.78 is 14.5. The summed E-state index contributed by atoms with van der Waals surface area (Å²) in [5.74, 6) is -0.457. The van der Waals surface area contributed by atoms with Crippen LogP contribution in [-0.4, -0.2) is 16.9 Å². The molecule has 0 unspecified atom stereocenters. The molecule has 1 N–H and O–H groups in total. The van der Waals surface area contributed by atoms with Gasteiger partial charge in [-0.25, -0.2) is 9.37 Å². The average Bonchev–Trinajstić information content (AvgIpc) is 3.16. The molecule has 0 aliphatic heterocycles. The van der Waals surface area contributed by atoms with Crippen LogP contribution in [0.4, 0.5) is 4.39 Å². The molecule has 0 saturated carbocycles. The number of halogens is 1. The third-order valence-electron chi connectivity index (χ3n) is 4.30. The number of benzene rings is 2. The minimum absolute atomic E-state index is 0.0746. The summed E-state index contributed by atoms with van der Waals surface area (Å²) in [5, 5.41) is 5.66. The number of carbonyl (C=O) groups excluding carboxylic acids is 1. The van der Waals surface area contributed by atoms with E-state index in [4.69, 9.17) is 0 Å². The van der Waals surface area contributed by atoms with Gasteiger partial charge in [-0.15, -0.1) is 11.3 Å². The van der Waals surface area contributed by atoms with E-state index in [-0.39, 0.29) is 17.8 Å². The van der Waals surface area contributed by atoms with Gasteiger partial charge >= 0.3 is 0 Å². The predicted octanol–water partition coefficient (Wildman–Crippen LogP) is 5.45. The van der Waals surface area contributed by atoms with Crippen molar-refractivity contribution < 1.29 is 9.18 Å². The Labute approximate surface area is 156 Å². The second-order valence-electron chi connectivity index (χ2n) is 6.40. The quantitative estimate of drug-likeness (QED) is 0.650. The van der Waals surface area contributed by atoms with Crippen LogP contribution >= 0.6 is 11.3 Å². The first-order valence-corrected chi connectivity index (χ1v) is 9.48. The molecule has 26 heavy (non-hydrogen) atoms. The largest absolute Gasteiger partial charge is 0.350 e. The molecule has 1 atom stereocenters. The molecule has 5 heteroatoms. The first kappa shape index (κ1) is 18.3. The number of hydrogen-bond acceptors (Lipinski definition) is 3. The van der Waals surface area contributed by atoms with Gasteiger partial charge in [0, 0.05) is 34.3 Å². The lowest BCUT2D eigenvalue weighted by molar-refractivity contribution is 0.0939. The Balaban J connectivity index is 2.10. The van der Waals surface area contributed by atoms with Crippen LogP contribution in [0.5, 0.6) is 0 Å². The highest BCUT2D eigenvalue weighted by Gasteiger charge is 2.15. The minimum atomic E-state index is -0.297. The number of nitrogens with zero attached hydrogens (tertiary/aromatic N) is 1. The highest BCUT2D eigenvalue weighted by Crippen LogP contribution is 2.31. The Bertz CT molecular complexity index is 922. The van der Waals surface area contributed by atoms with Crippen molar-refractivity contribution in [2.45, 2.75) is 33.2 Å². The van der Waals surface area contributed by atoms with Crippen LogP contribution in [0, 0.1) is 12.7 Å². The van der Waals surface area contributed by atoms with E-state index in [1.54, 1.807) is 18.3 Å². The fourth-order valence-corrected chi connectivity index (χ4v) is 3.29. The van der Waals surface area contributed by atoms with E-state index in [0.29, 0.717) is 16.7 Å². The SMILES string of the molecule is CC[C@@H](C)NC(=O)c1cc(-c2nccs2)cc(-c2ccc(C)cc2F)c1. The molecule has 3 nitrogen and oxygen atoms in total. The van der Waals surface area contributed by atoms with Crippen LogP contribution in [-0.2, 0) is 0 Å². The normalized spacial score (nSPS) is 12.0. The van der Waals surface area contributed by atoms with Crippen molar-refractivity contribution in [3.05, 3.63) is 64.9 Å². The highest BCUT2D eigenvalue weighted by atomic mass is 32.1. The van der Waals surface area contributed by atoms with Gasteiger partial charge in [-0.05, 0) is 55.7 Å². The zero-order valence-electron chi connectivity index (χ0n) is 15.0. The number of aromatic nitrogens is 1. The van der Waals surface area contributed by atoms with Crippen molar-refractivity contribution in [3.63, 3.8) is 0 Å². The Kier molecular flexibility index (Phi) is 5.47. The molecule has 1 amide bonds. The van der Waals surface area contributed by atoms with Crippen molar-refractivity contribution >= 4 is 17.2 Å². The smallest absolute Gasteiger partial charge is 0.251 e. The molecule has 0 aliphatic rings. The first-order valence-electron chi connectivity index (χ1n) is 8.60. The van der Waals surface area contributed by atoms with Gasteiger partial charge in [-0.3, -0.25) is 4.79 Å². The monoisotopic (exact) mass is 368 g/mol.